The molecule has 0 bridgehead atoms. The van der Waals surface area contributed by atoms with Crippen molar-refractivity contribution in [2.75, 3.05) is 47.1 Å². The van der Waals surface area contributed by atoms with Crippen molar-refractivity contribution < 1.29 is 18.8 Å². The zero-order valence-corrected chi connectivity index (χ0v) is 12.5. The monoisotopic (exact) mass is 298 g/mol. The van der Waals surface area contributed by atoms with Crippen LogP contribution in [-0.2, 0) is 9.47 Å². The summed E-state index contributed by atoms with van der Waals surface area (Å²) < 4.78 is 15.2. The van der Waals surface area contributed by atoms with Crippen LogP contribution >= 0.6 is 0 Å². The Morgan fingerprint density at radius 3 is 2.67 bits per heavy atom. The van der Waals surface area contributed by atoms with Crippen molar-refractivity contribution in [2.24, 2.45) is 0 Å². The van der Waals surface area contributed by atoms with Gasteiger partial charge in [0.05, 0.1) is 19.3 Å². The Kier molecular flexibility index (Phi) is 6.09. The van der Waals surface area contributed by atoms with Gasteiger partial charge in [-0.3, -0.25) is 4.79 Å². The van der Waals surface area contributed by atoms with E-state index >= 15 is 0 Å². The fourth-order valence-corrected chi connectivity index (χ4v) is 2.22. The maximum absolute atomic E-state index is 12.4. The summed E-state index contributed by atoms with van der Waals surface area (Å²) in [5.74, 6) is 0.303. The average Bonchev–Trinajstić information content (AvgIpc) is 3.17. The Balaban J connectivity index is 2.01. The van der Waals surface area contributed by atoms with Gasteiger partial charge in [-0.25, -0.2) is 0 Å². The molecule has 21 heavy (non-hydrogen) atoms. The molecule has 1 aromatic heterocycles. The normalized spacial score (nSPS) is 18.1. The molecule has 2 rings (SSSR count). The van der Waals surface area contributed by atoms with E-state index in [1.54, 1.807) is 19.1 Å². The van der Waals surface area contributed by atoms with Crippen molar-refractivity contribution in [3.63, 3.8) is 0 Å². The summed E-state index contributed by atoms with van der Waals surface area (Å²) in [5, 5.41) is 7.06. The maximum Gasteiger partial charge on any atom is 0.295 e. The molecule has 0 aromatic carbocycles. The number of hydrogen-bond donors (Lipinski definition) is 1. The Labute approximate surface area is 123 Å². The molecule has 8 nitrogen and oxygen atoms in total. The first-order valence-corrected chi connectivity index (χ1v) is 7.10. The zero-order valence-electron chi connectivity index (χ0n) is 12.5. The van der Waals surface area contributed by atoms with Crippen LogP contribution in [0.25, 0.3) is 0 Å². The van der Waals surface area contributed by atoms with Gasteiger partial charge in [-0.2, -0.15) is 4.98 Å². The number of aromatic nitrogens is 2. The molecule has 1 aliphatic heterocycles. The fourth-order valence-electron chi connectivity index (χ4n) is 2.22. The summed E-state index contributed by atoms with van der Waals surface area (Å²) in [6, 6.07) is 0.0606. The van der Waals surface area contributed by atoms with Crippen LogP contribution in [-0.4, -0.2) is 68.0 Å². The summed E-state index contributed by atoms with van der Waals surface area (Å²) in [7, 11) is 3.19. The van der Waals surface area contributed by atoms with Gasteiger partial charge in [-0.1, -0.05) is 5.16 Å². The van der Waals surface area contributed by atoms with Gasteiger partial charge >= 0.3 is 0 Å². The van der Waals surface area contributed by atoms with Crippen LogP contribution in [0.15, 0.2) is 4.52 Å². The van der Waals surface area contributed by atoms with Crippen LogP contribution in [0.4, 0.5) is 0 Å². The van der Waals surface area contributed by atoms with E-state index < -0.39 is 0 Å². The third-order valence-electron chi connectivity index (χ3n) is 3.41. The molecule has 0 spiro atoms. The molecule has 0 saturated carbocycles. The molecule has 1 amide bonds. The van der Waals surface area contributed by atoms with Crippen LogP contribution in [0, 0.1) is 0 Å². The van der Waals surface area contributed by atoms with Crippen molar-refractivity contribution in [2.45, 2.75) is 18.9 Å². The van der Waals surface area contributed by atoms with Gasteiger partial charge in [0.2, 0.25) is 5.89 Å². The molecule has 1 aromatic rings. The third-order valence-corrected chi connectivity index (χ3v) is 3.41. The molecular formula is C13H22N4O4. The standard InChI is InChI=1S/C13H22N4O4/c1-19-8-6-17(7-9-20-2)13(18)11-15-12(21-16-11)10-4-3-5-14-10/h10,14H,3-9H2,1-2H3. The lowest BCUT2D eigenvalue weighted by Gasteiger charge is -2.20. The van der Waals surface area contributed by atoms with E-state index in [2.05, 4.69) is 15.5 Å². The van der Waals surface area contributed by atoms with Gasteiger partial charge in [0.1, 0.15) is 0 Å². The number of methoxy groups -OCH3 is 2. The van der Waals surface area contributed by atoms with Crippen LogP contribution in [0.2, 0.25) is 0 Å². The number of hydrogen-bond acceptors (Lipinski definition) is 7. The summed E-state index contributed by atoms with van der Waals surface area (Å²) >= 11 is 0. The topological polar surface area (TPSA) is 89.7 Å². The molecule has 1 N–H and O–H groups in total. The van der Waals surface area contributed by atoms with Crippen molar-refractivity contribution in [1.82, 2.24) is 20.4 Å². The van der Waals surface area contributed by atoms with Crippen molar-refractivity contribution in [3.8, 4) is 0 Å². The largest absolute Gasteiger partial charge is 0.383 e. The molecular weight excluding hydrogens is 276 g/mol. The summed E-state index contributed by atoms with van der Waals surface area (Å²) in [6.07, 6.45) is 2.02. The first kappa shape index (κ1) is 15.9. The average molecular weight is 298 g/mol. The van der Waals surface area contributed by atoms with Crippen LogP contribution in [0.3, 0.4) is 0 Å². The highest BCUT2D eigenvalue weighted by Crippen LogP contribution is 2.21. The summed E-state index contributed by atoms with van der Waals surface area (Å²) in [6.45, 7) is 2.76. The summed E-state index contributed by atoms with van der Waals surface area (Å²) in [5.41, 5.74) is 0. The van der Waals surface area contributed by atoms with Gasteiger partial charge in [-0.15, -0.1) is 0 Å². The second-order valence-corrected chi connectivity index (χ2v) is 4.88. The molecule has 1 aliphatic rings. The Morgan fingerprint density at radius 1 is 1.38 bits per heavy atom. The molecule has 1 unspecified atom stereocenters. The van der Waals surface area contributed by atoms with Gasteiger partial charge in [0.25, 0.3) is 11.7 Å². The van der Waals surface area contributed by atoms with Crippen LogP contribution in [0.5, 0.6) is 0 Å². The lowest BCUT2D eigenvalue weighted by Crippen LogP contribution is -2.37. The molecule has 0 aliphatic carbocycles. The molecule has 1 saturated heterocycles. The summed E-state index contributed by atoms with van der Waals surface area (Å²) in [4.78, 5) is 18.2. The lowest BCUT2D eigenvalue weighted by molar-refractivity contribution is 0.0613. The first-order valence-electron chi connectivity index (χ1n) is 7.10. The number of nitrogens with zero attached hydrogens (tertiary/aromatic N) is 3. The Morgan fingerprint density at radius 2 is 2.10 bits per heavy atom. The number of carbonyl (C=O) groups is 1. The van der Waals surface area contributed by atoms with Crippen molar-refractivity contribution in [1.29, 1.82) is 0 Å². The fraction of sp³-hybridized carbons (Fsp3) is 0.769. The second kappa shape index (κ2) is 8.06. The number of rotatable bonds is 8. The van der Waals surface area contributed by atoms with Gasteiger partial charge in [0.15, 0.2) is 0 Å². The zero-order chi connectivity index (χ0) is 15.1. The molecule has 0 radical (unpaired) electrons. The molecule has 1 atom stereocenters. The van der Waals surface area contributed by atoms with Crippen molar-refractivity contribution in [3.05, 3.63) is 11.7 Å². The number of nitrogens with one attached hydrogen (secondary N) is 1. The predicted molar refractivity (Wildman–Crippen MR) is 73.9 cm³/mol. The predicted octanol–water partition coefficient (Wildman–Crippen LogP) is 0.229. The highest BCUT2D eigenvalue weighted by molar-refractivity contribution is 5.90. The van der Waals surface area contributed by atoms with E-state index in [-0.39, 0.29) is 17.8 Å². The van der Waals surface area contributed by atoms with Gasteiger partial charge in [0, 0.05) is 27.3 Å². The third kappa shape index (κ3) is 4.23. The van der Waals surface area contributed by atoms with E-state index in [1.807, 2.05) is 0 Å². The van der Waals surface area contributed by atoms with E-state index in [9.17, 15) is 4.79 Å². The number of amides is 1. The number of carbonyl (C=O) groups excluding carboxylic acids is 1. The maximum atomic E-state index is 12.4. The number of ether oxygens (including phenoxy) is 2. The van der Waals surface area contributed by atoms with E-state index in [0.29, 0.717) is 32.2 Å². The van der Waals surface area contributed by atoms with Crippen molar-refractivity contribution >= 4 is 5.91 Å². The molecule has 2 heterocycles. The molecule has 8 heteroatoms. The van der Waals surface area contributed by atoms with E-state index in [4.69, 9.17) is 14.0 Å². The van der Waals surface area contributed by atoms with E-state index in [1.165, 1.54) is 0 Å². The lowest BCUT2D eigenvalue weighted by atomic mass is 10.2. The van der Waals surface area contributed by atoms with Gasteiger partial charge in [-0.05, 0) is 19.4 Å². The Bertz CT molecular complexity index is 437. The van der Waals surface area contributed by atoms with Crippen LogP contribution in [0.1, 0.15) is 35.4 Å². The smallest absolute Gasteiger partial charge is 0.295 e. The minimum atomic E-state index is -0.267. The van der Waals surface area contributed by atoms with Gasteiger partial charge < -0.3 is 24.2 Å². The highest BCUT2D eigenvalue weighted by atomic mass is 16.5. The van der Waals surface area contributed by atoms with E-state index in [0.717, 1.165) is 19.4 Å². The molecule has 118 valence electrons. The highest BCUT2D eigenvalue weighted by Gasteiger charge is 2.26. The SMILES string of the molecule is COCCN(CCOC)C(=O)c1noc(C2CCCN2)n1. The first-order chi connectivity index (χ1) is 10.3. The Hall–Kier alpha value is -1.51. The molecule has 1 fully saturated rings. The minimum absolute atomic E-state index is 0.0606. The van der Waals surface area contributed by atoms with Crippen LogP contribution < -0.4 is 5.32 Å². The quantitative estimate of drug-likeness (QED) is 0.734. The minimum Gasteiger partial charge on any atom is -0.383 e. The second-order valence-electron chi connectivity index (χ2n) is 4.88.